The average Bonchev–Trinajstić information content (AvgIpc) is 2.93. The number of hydrogen-bond donors (Lipinski definition) is 0. The SMILES string of the molecule is C[C@H]1CN(C)CC[C@@H]1N(C)C(=O)CCc1nc(C(C)(C)C)no1. The van der Waals surface area contributed by atoms with Crippen molar-refractivity contribution in [3.05, 3.63) is 11.7 Å². The molecule has 1 fully saturated rings. The van der Waals surface area contributed by atoms with Crippen molar-refractivity contribution in [1.82, 2.24) is 19.9 Å². The van der Waals surface area contributed by atoms with Gasteiger partial charge in [-0.25, -0.2) is 0 Å². The molecule has 6 heteroatoms. The van der Waals surface area contributed by atoms with Gasteiger partial charge in [0.25, 0.3) is 0 Å². The molecule has 0 radical (unpaired) electrons. The molecule has 1 aliphatic rings. The molecule has 1 aromatic rings. The summed E-state index contributed by atoms with van der Waals surface area (Å²) in [6, 6.07) is 0.325. The fourth-order valence-corrected chi connectivity index (χ4v) is 3.15. The number of piperidine rings is 1. The third-order valence-electron chi connectivity index (χ3n) is 4.65. The summed E-state index contributed by atoms with van der Waals surface area (Å²) in [5.74, 6) is 1.89. The molecule has 0 unspecified atom stereocenters. The number of rotatable bonds is 4. The molecule has 2 atom stereocenters. The summed E-state index contributed by atoms with van der Waals surface area (Å²) in [5.41, 5.74) is -0.133. The molecule has 1 amide bonds. The van der Waals surface area contributed by atoms with Crippen molar-refractivity contribution in [3.8, 4) is 0 Å². The van der Waals surface area contributed by atoms with E-state index >= 15 is 0 Å². The van der Waals surface area contributed by atoms with Crippen LogP contribution in [0.25, 0.3) is 0 Å². The molecule has 2 rings (SSSR count). The first-order valence-electron chi connectivity index (χ1n) is 8.45. The van der Waals surface area contributed by atoms with E-state index in [0.29, 0.717) is 36.5 Å². The minimum atomic E-state index is -0.133. The van der Waals surface area contributed by atoms with Crippen molar-refractivity contribution in [2.75, 3.05) is 27.2 Å². The summed E-state index contributed by atoms with van der Waals surface area (Å²) < 4.78 is 5.26. The van der Waals surface area contributed by atoms with Crippen LogP contribution < -0.4 is 0 Å². The topological polar surface area (TPSA) is 62.5 Å². The summed E-state index contributed by atoms with van der Waals surface area (Å²) in [6.45, 7) is 10.4. The second-order valence-electron chi connectivity index (χ2n) is 7.86. The van der Waals surface area contributed by atoms with Crippen molar-refractivity contribution in [3.63, 3.8) is 0 Å². The Morgan fingerprint density at radius 2 is 2.13 bits per heavy atom. The smallest absolute Gasteiger partial charge is 0.227 e. The van der Waals surface area contributed by atoms with Crippen LogP contribution >= 0.6 is 0 Å². The van der Waals surface area contributed by atoms with Crippen LogP contribution in [0, 0.1) is 5.92 Å². The Balaban J connectivity index is 1.88. The minimum Gasteiger partial charge on any atom is -0.342 e. The molecule has 0 aliphatic carbocycles. The van der Waals surface area contributed by atoms with E-state index in [0.717, 1.165) is 19.5 Å². The van der Waals surface area contributed by atoms with Gasteiger partial charge in [-0.2, -0.15) is 4.98 Å². The standard InChI is InChI=1S/C17H30N4O2/c1-12-11-20(5)10-9-13(12)21(6)15(22)8-7-14-18-16(19-23-14)17(2,3)4/h12-13H,7-11H2,1-6H3/t12-,13-/m0/s1. The number of likely N-dealkylation sites (tertiary alicyclic amines) is 1. The van der Waals surface area contributed by atoms with Crippen molar-refractivity contribution < 1.29 is 9.32 Å². The van der Waals surface area contributed by atoms with Crippen LogP contribution in [0.2, 0.25) is 0 Å². The fraction of sp³-hybridized carbons (Fsp3) is 0.824. The van der Waals surface area contributed by atoms with E-state index in [2.05, 4.69) is 29.0 Å². The molecule has 0 spiro atoms. The molecule has 1 aliphatic heterocycles. The molecule has 130 valence electrons. The first-order valence-corrected chi connectivity index (χ1v) is 8.45. The Kier molecular flexibility index (Phi) is 5.45. The molecule has 23 heavy (non-hydrogen) atoms. The van der Waals surface area contributed by atoms with Crippen LogP contribution in [0.4, 0.5) is 0 Å². The minimum absolute atomic E-state index is 0.133. The molecule has 2 heterocycles. The van der Waals surface area contributed by atoms with E-state index in [1.54, 1.807) is 0 Å². The summed E-state index contributed by atoms with van der Waals surface area (Å²) in [5, 5.41) is 4.00. The van der Waals surface area contributed by atoms with Gasteiger partial charge < -0.3 is 14.3 Å². The van der Waals surface area contributed by atoms with Gasteiger partial charge in [-0.3, -0.25) is 4.79 Å². The third-order valence-corrected chi connectivity index (χ3v) is 4.65. The zero-order valence-corrected chi connectivity index (χ0v) is 15.3. The van der Waals surface area contributed by atoms with E-state index < -0.39 is 0 Å². The van der Waals surface area contributed by atoms with Gasteiger partial charge in [0, 0.05) is 37.9 Å². The predicted octanol–water partition coefficient (Wildman–Crippen LogP) is 2.10. The Labute approximate surface area is 139 Å². The maximum Gasteiger partial charge on any atom is 0.227 e. The summed E-state index contributed by atoms with van der Waals surface area (Å²) in [4.78, 5) is 21.1. The van der Waals surface area contributed by atoms with Gasteiger partial charge in [-0.15, -0.1) is 0 Å². The monoisotopic (exact) mass is 322 g/mol. The Morgan fingerprint density at radius 1 is 1.43 bits per heavy atom. The van der Waals surface area contributed by atoms with Crippen LogP contribution in [0.15, 0.2) is 4.52 Å². The van der Waals surface area contributed by atoms with E-state index in [1.165, 1.54) is 0 Å². The maximum atomic E-state index is 12.5. The van der Waals surface area contributed by atoms with E-state index in [4.69, 9.17) is 4.52 Å². The first-order chi connectivity index (χ1) is 10.7. The quantitative estimate of drug-likeness (QED) is 0.849. The lowest BCUT2D eigenvalue weighted by molar-refractivity contribution is -0.134. The predicted molar refractivity (Wildman–Crippen MR) is 89.2 cm³/mol. The lowest BCUT2D eigenvalue weighted by Crippen LogP contribution is -2.49. The molecule has 0 saturated carbocycles. The van der Waals surface area contributed by atoms with Crippen LogP contribution in [0.5, 0.6) is 0 Å². The Morgan fingerprint density at radius 3 is 2.70 bits per heavy atom. The molecular weight excluding hydrogens is 292 g/mol. The number of hydrogen-bond acceptors (Lipinski definition) is 5. The number of amides is 1. The largest absolute Gasteiger partial charge is 0.342 e. The lowest BCUT2D eigenvalue weighted by Gasteiger charge is -2.40. The van der Waals surface area contributed by atoms with Gasteiger partial charge in [-0.05, 0) is 25.9 Å². The molecule has 0 bridgehead atoms. The number of aromatic nitrogens is 2. The summed E-state index contributed by atoms with van der Waals surface area (Å²) in [6.07, 6.45) is 1.96. The van der Waals surface area contributed by atoms with Gasteiger partial charge in [-0.1, -0.05) is 32.9 Å². The normalized spacial score (nSPS) is 23.0. The molecule has 0 aromatic carbocycles. The van der Waals surface area contributed by atoms with E-state index in [-0.39, 0.29) is 11.3 Å². The van der Waals surface area contributed by atoms with Crippen molar-refractivity contribution >= 4 is 5.91 Å². The van der Waals surface area contributed by atoms with Gasteiger partial charge in [0.2, 0.25) is 11.8 Å². The number of nitrogens with zero attached hydrogens (tertiary/aromatic N) is 4. The third kappa shape index (κ3) is 4.53. The van der Waals surface area contributed by atoms with E-state index in [9.17, 15) is 4.79 Å². The van der Waals surface area contributed by atoms with Gasteiger partial charge in [0.15, 0.2) is 5.82 Å². The van der Waals surface area contributed by atoms with Gasteiger partial charge in [0.1, 0.15) is 0 Å². The molecule has 0 N–H and O–H groups in total. The molecule has 1 saturated heterocycles. The van der Waals surface area contributed by atoms with E-state index in [1.807, 2.05) is 32.7 Å². The number of carbonyl (C=O) groups is 1. The fourth-order valence-electron chi connectivity index (χ4n) is 3.15. The average molecular weight is 322 g/mol. The van der Waals surface area contributed by atoms with Crippen LogP contribution in [-0.2, 0) is 16.6 Å². The summed E-state index contributed by atoms with van der Waals surface area (Å²) >= 11 is 0. The Hall–Kier alpha value is -1.43. The lowest BCUT2D eigenvalue weighted by atomic mass is 9.93. The maximum absolute atomic E-state index is 12.5. The highest BCUT2D eigenvalue weighted by molar-refractivity contribution is 5.76. The van der Waals surface area contributed by atoms with Crippen LogP contribution in [-0.4, -0.2) is 59.1 Å². The van der Waals surface area contributed by atoms with Gasteiger partial charge >= 0.3 is 0 Å². The van der Waals surface area contributed by atoms with Crippen molar-refractivity contribution in [2.24, 2.45) is 5.92 Å². The summed E-state index contributed by atoms with van der Waals surface area (Å²) in [7, 11) is 4.06. The second kappa shape index (κ2) is 6.99. The van der Waals surface area contributed by atoms with Crippen molar-refractivity contribution in [1.29, 1.82) is 0 Å². The zero-order valence-electron chi connectivity index (χ0n) is 15.3. The number of aryl methyl sites for hydroxylation is 1. The molecular formula is C17H30N4O2. The van der Waals surface area contributed by atoms with Crippen LogP contribution in [0.1, 0.15) is 52.3 Å². The van der Waals surface area contributed by atoms with Crippen molar-refractivity contribution in [2.45, 2.75) is 58.4 Å². The highest BCUT2D eigenvalue weighted by Gasteiger charge is 2.30. The van der Waals surface area contributed by atoms with Gasteiger partial charge in [0.05, 0.1) is 0 Å². The Bertz CT molecular complexity index is 535. The highest BCUT2D eigenvalue weighted by Crippen LogP contribution is 2.22. The molecule has 1 aromatic heterocycles. The second-order valence-corrected chi connectivity index (χ2v) is 7.86. The zero-order chi connectivity index (χ0) is 17.2. The first kappa shape index (κ1) is 17.9. The van der Waals surface area contributed by atoms with Crippen LogP contribution in [0.3, 0.4) is 0 Å². The highest BCUT2D eigenvalue weighted by atomic mass is 16.5. The number of carbonyl (C=O) groups excluding carboxylic acids is 1. The molecule has 6 nitrogen and oxygen atoms in total.